The molecule has 1 heterocycles. The van der Waals surface area contributed by atoms with Gasteiger partial charge in [0.15, 0.2) is 0 Å². The first kappa shape index (κ1) is 12.1. The highest BCUT2D eigenvalue weighted by molar-refractivity contribution is 7.09. The molecule has 1 fully saturated rings. The highest BCUT2D eigenvalue weighted by Crippen LogP contribution is 2.32. The van der Waals surface area contributed by atoms with Crippen LogP contribution in [0.4, 0.5) is 0 Å². The maximum atomic E-state index is 5.56. The summed E-state index contributed by atoms with van der Waals surface area (Å²) < 4.78 is 0. The normalized spacial score (nSPS) is 19.3. The molecule has 1 saturated carbocycles. The summed E-state index contributed by atoms with van der Waals surface area (Å²) in [7, 11) is 0. The summed E-state index contributed by atoms with van der Waals surface area (Å²) in [6, 6.07) is 0. The lowest BCUT2D eigenvalue weighted by Gasteiger charge is -2.17. The van der Waals surface area contributed by atoms with E-state index in [1.165, 1.54) is 55.6 Å². The highest BCUT2D eigenvalue weighted by Gasteiger charge is 2.16. The van der Waals surface area contributed by atoms with Gasteiger partial charge in [0.2, 0.25) is 0 Å². The number of nitrogens with zero attached hydrogens (tertiary/aromatic N) is 1. The van der Waals surface area contributed by atoms with Gasteiger partial charge in [0.25, 0.3) is 0 Å². The van der Waals surface area contributed by atoms with Crippen molar-refractivity contribution in [3.63, 3.8) is 0 Å². The molecule has 0 bridgehead atoms. The van der Waals surface area contributed by atoms with Gasteiger partial charge in [0.05, 0.1) is 10.7 Å². The van der Waals surface area contributed by atoms with Gasteiger partial charge >= 0.3 is 0 Å². The predicted molar refractivity (Wildman–Crippen MR) is 69.9 cm³/mol. The molecule has 0 aliphatic heterocycles. The Morgan fingerprint density at radius 2 is 1.88 bits per heavy atom. The second-order valence-corrected chi connectivity index (χ2v) is 5.65. The number of thiazole rings is 1. The van der Waals surface area contributed by atoms with E-state index in [0.717, 1.165) is 12.3 Å². The Morgan fingerprint density at radius 3 is 2.56 bits per heavy atom. The van der Waals surface area contributed by atoms with Crippen LogP contribution in [0.25, 0.3) is 0 Å². The SMILES string of the molecule is NCCc1csc(C2CCCCCCC2)n1. The zero-order valence-corrected chi connectivity index (χ0v) is 10.8. The minimum atomic E-state index is 0.716. The van der Waals surface area contributed by atoms with Crippen molar-refractivity contribution in [1.82, 2.24) is 4.98 Å². The average molecular weight is 238 g/mol. The molecule has 2 rings (SSSR count). The van der Waals surface area contributed by atoms with E-state index in [-0.39, 0.29) is 0 Å². The van der Waals surface area contributed by atoms with E-state index in [0.29, 0.717) is 6.54 Å². The van der Waals surface area contributed by atoms with Gasteiger partial charge < -0.3 is 5.73 Å². The summed E-state index contributed by atoms with van der Waals surface area (Å²) in [5.74, 6) is 0.733. The Hall–Kier alpha value is -0.410. The lowest BCUT2D eigenvalue weighted by molar-refractivity contribution is 0.454. The Bertz CT molecular complexity index is 301. The van der Waals surface area contributed by atoms with E-state index in [4.69, 9.17) is 10.7 Å². The quantitative estimate of drug-likeness (QED) is 0.875. The van der Waals surface area contributed by atoms with E-state index >= 15 is 0 Å². The van der Waals surface area contributed by atoms with Crippen LogP contribution in [0, 0.1) is 0 Å². The Morgan fingerprint density at radius 1 is 1.19 bits per heavy atom. The number of rotatable bonds is 3. The van der Waals surface area contributed by atoms with E-state index in [2.05, 4.69) is 5.38 Å². The molecule has 2 N–H and O–H groups in total. The van der Waals surface area contributed by atoms with Gasteiger partial charge in [0, 0.05) is 17.7 Å². The molecule has 0 saturated heterocycles. The standard InChI is InChI=1S/C13H22N2S/c14-9-8-12-10-16-13(15-12)11-6-4-2-1-3-5-7-11/h10-11H,1-9,14H2. The number of aromatic nitrogens is 1. The van der Waals surface area contributed by atoms with Crippen molar-refractivity contribution in [3.8, 4) is 0 Å². The van der Waals surface area contributed by atoms with Crippen molar-refractivity contribution in [2.45, 2.75) is 57.3 Å². The molecule has 0 spiro atoms. The molecule has 3 heteroatoms. The number of hydrogen-bond donors (Lipinski definition) is 1. The van der Waals surface area contributed by atoms with Gasteiger partial charge in [-0.25, -0.2) is 4.98 Å². The molecule has 16 heavy (non-hydrogen) atoms. The summed E-state index contributed by atoms with van der Waals surface area (Å²) >= 11 is 1.85. The van der Waals surface area contributed by atoms with E-state index in [9.17, 15) is 0 Å². The molecular weight excluding hydrogens is 216 g/mol. The highest BCUT2D eigenvalue weighted by atomic mass is 32.1. The smallest absolute Gasteiger partial charge is 0.0959 e. The largest absolute Gasteiger partial charge is 0.330 e. The minimum absolute atomic E-state index is 0.716. The molecule has 0 amide bonds. The average Bonchev–Trinajstić information content (AvgIpc) is 2.66. The first-order valence-electron chi connectivity index (χ1n) is 6.54. The zero-order valence-electron chi connectivity index (χ0n) is 9.95. The van der Waals surface area contributed by atoms with Crippen molar-refractivity contribution in [3.05, 3.63) is 16.1 Å². The number of hydrogen-bond acceptors (Lipinski definition) is 3. The molecule has 2 nitrogen and oxygen atoms in total. The zero-order chi connectivity index (χ0) is 11.2. The summed E-state index contributed by atoms with van der Waals surface area (Å²) in [6.45, 7) is 0.716. The van der Waals surface area contributed by atoms with Gasteiger partial charge in [0.1, 0.15) is 0 Å². The Balaban J connectivity index is 1.97. The molecule has 0 unspecified atom stereocenters. The fraction of sp³-hybridized carbons (Fsp3) is 0.769. The van der Waals surface area contributed by atoms with Crippen LogP contribution >= 0.6 is 11.3 Å². The fourth-order valence-electron chi connectivity index (χ4n) is 2.48. The molecule has 0 aromatic carbocycles. The summed E-state index contributed by atoms with van der Waals surface area (Å²) in [6.07, 6.45) is 10.7. The molecule has 1 aromatic heterocycles. The van der Waals surface area contributed by atoms with Crippen LogP contribution in [-0.2, 0) is 6.42 Å². The first-order chi connectivity index (χ1) is 7.90. The predicted octanol–water partition coefficient (Wildman–Crippen LogP) is 3.47. The molecule has 1 aliphatic carbocycles. The molecule has 0 atom stereocenters. The van der Waals surface area contributed by atoms with Crippen molar-refractivity contribution < 1.29 is 0 Å². The second kappa shape index (κ2) is 6.36. The van der Waals surface area contributed by atoms with Gasteiger partial charge in [-0.15, -0.1) is 11.3 Å². The third kappa shape index (κ3) is 3.29. The van der Waals surface area contributed by atoms with Crippen LogP contribution in [0.2, 0.25) is 0 Å². The van der Waals surface area contributed by atoms with E-state index in [1.807, 2.05) is 11.3 Å². The summed E-state index contributed by atoms with van der Waals surface area (Å²) in [5.41, 5.74) is 6.76. The van der Waals surface area contributed by atoms with Gasteiger partial charge in [-0.2, -0.15) is 0 Å². The third-order valence-corrected chi connectivity index (χ3v) is 4.48. The monoisotopic (exact) mass is 238 g/mol. The topological polar surface area (TPSA) is 38.9 Å². The maximum Gasteiger partial charge on any atom is 0.0959 e. The van der Waals surface area contributed by atoms with Crippen molar-refractivity contribution >= 4 is 11.3 Å². The molecule has 1 aromatic rings. The van der Waals surface area contributed by atoms with Crippen molar-refractivity contribution in [2.75, 3.05) is 6.54 Å². The van der Waals surface area contributed by atoms with Crippen LogP contribution in [0.3, 0.4) is 0 Å². The van der Waals surface area contributed by atoms with Gasteiger partial charge in [-0.05, 0) is 19.4 Å². The van der Waals surface area contributed by atoms with Crippen LogP contribution in [0.15, 0.2) is 5.38 Å². The van der Waals surface area contributed by atoms with E-state index < -0.39 is 0 Å². The van der Waals surface area contributed by atoms with Gasteiger partial charge in [-0.1, -0.05) is 32.1 Å². The van der Waals surface area contributed by atoms with Crippen molar-refractivity contribution in [2.24, 2.45) is 5.73 Å². The lowest BCUT2D eigenvalue weighted by Crippen LogP contribution is -2.05. The second-order valence-electron chi connectivity index (χ2n) is 4.76. The lowest BCUT2D eigenvalue weighted by atomic mass is 9.92. The van der Waals surface area contributed by atoms with Crippen LogP contribution in [-0.4, -0.2) is 11.5 Å². The Kier molecular flexibility index (Phi) is 4.79. The van der Waals surface area contributed by atoms with Crippen LogP contribution < -0.4 is 5.73 Å². The van der Waals surface area contributed by atoms with Crippen LogP contribution in [0.5, 0.6) is 0 Å². The fourth-order valence-corrected chi connectivity index (χ4v) is 3.50. The third-order valence-electron chi connectivity index (χ3n) is 3.42. The summed E-state index contributed by atoms with van der Waals surface area (Å²) in [5, 5.41) is 3.56. The molecular formula is C13H22N2S. The van der Waals surface area contributed by atoms with Crippen molar-refractivity contribution in [1.29, 1.82) is 0 Å². The molecule has 90 valence electrons. The molecule has 0 radical (unpaired) electrons. The Labute approximate surface area is 102 Å². The first-order valence-corrected chi connectivity index (χ1v) is 7.42. The van der Waals surface area contributed by atoms with E-state index in [1.54, 1.807) is 0 Å². The minimum Gasteiger partial charge on any atom is -0.330 e. The van der Waals surface area contributed by atoms with Gasteiger partial charge in [-0.3, -0.25) is 0 Å². The van der Waals surface area contributed by atoms with Crippen LogP contribution in [0.1, 0.15) is 61.6 Å². The molecule has 1 aliphatic rings. The number of nitrogens with two attached hydrogens (primary N) is 1. The maximum absolute atomic E-state index is 5.56. The summed E-state index contributed by atoms with van der Waals surface area (Å²) in [4.78, 5) is 4.73.